The fourth-order valence-electron chi connectivity index (χ4n) is 4.26. The van der Waals surface area contributed by atoms with E-state index < -0.39 is 11.5 Å². The van der Waals surface area contributed by atoms with Crippen molar-refractivity contribution in [3.63, 3.8) is 0 Å². The average molecular weight is 615 g/mol. The molecule has 45 heavy (non-hydrogen) atoms. The number of carbonyl (C=O) groups excluding carboxylic acids is 3. The Hall–Kier alpha value is -4.23. The van der Waals surface area contributed by atoms with E-state index in [0.29, 0.717) is 31.6 Å². The van der Waals surface area contributed by atoms with Crippen molar-refractivity contribution in [2.24, 2.45) is 0 Å². The molecular weight excluding hydrogens is 564 g/mol. The van der Waals surface area contributed by atoms with Crippen LogP contribution in [0.2, 0.25) is 0 Å². The van der Waals surface area contributed by atoms with Gasteiger partial charge in [0.15, 0.2) is 11.4 Å². The summed E-state index contributed by atoms with van der Waals surface area (Å²) in [7, 11) is 0. The molecule has 0 saturated heterocycles. The topological polar surface area (TPSA) is 93.7 Å². The second-order valence-electron chi connectivity index (χ2n) is 10.5. The summed E-state index contributed by atoms with van der Waals surface area (Å²) in [5.41, 5.74) is -0.508. The van der Waals surface area contributed by atoms with Crippen LogP contribution in [-0.2, 0) is 29.5 Å². The Balaban J connectivity index is 1.42. The van der Waals surface area contributed by atoms with E-state index in [9.17, 15) is 14.4 Å². The van der Waals surface area contributed by atoms with Gasteiger partial charge in [0.1, 0.15) is 0 Å². The highest BCUT2D eigenvalue weighted by molar-refractivity contribution is 6.07. The number of allylic oxidation sites excluding steroid dienone is 12. The van der Waals surface area contributed by atoms with E-state index in [-0.39, 0.29) is 30.6 Å². The lowest BCUT2D eigenvalue weighted by Crippen LogP contribution is -2.33. The Morgan fingerprint density at radius 2 is 1.27 bits per heavy atom. The van der Waals surface area contributed by atoms with Crippen molar-refractivity contribution < 1.29 is 23.9 Å². The minimum atomic E-state index is -1.20. The molecule has 1 atom stereocenters. The lowest BCUT2D eigenvalue weighted by atomic mass is 9.92. The van der Waals surface area contributed by atoms with E-state index in [0.717, 1.165) is 38.5 Å². The Morgan fingerprint density at radius 3 is 1.82 bits per heavy atom. The molecule has 0 fully saturated rings. The predicted octanol–water partition coefficient (Wildman–Crippen LogP) is 7.11. The van der Waals surface area contributed by atoms with Crippen LogP contribution < -0.4 is 10.6 Å². The number of hydrogen-bond acceptors (Lipinski definition) is 5. The van der Waals surface area contributed by atoms with Crippen molar-refractivity contribution in [3.05, 3.63) is 121 Å². The molecule has 0 aliphatic carbocycles. The van der Waals surface area contributed by atoms with Crippen molar-refractivity contribution in [2.75, 3.05) is 26.3 Å². The third kappa shape index (κ3) is 15.9. The van der Waals surface area contributed by atoms with E-state index in [1.165, 1.54) is 6.08 Å². The summed E-state index contributed by atoms with van der Waals surface area (Å²) in [6.45, 7) is 5.07. The molecule has 7 heteroatoms. The van der Waals surface area contributed by atoms with Gasteiger partial charge in [-0.05, 0) is 51.9 Å². The lowest BCUT2D eigenvalue weighted by molar-refractivity contribution is -0.132. The molecule has 7 nitrogen and oxygen atoms in total. The van der Waals surface area contributed by atoms with Gasteiger partial charge in [0, 0.05) is 31.1 Å². The first-order valence-electron chi connectivity index (χ1n) is 16.0. The van der Waals surface area contributed by atoms with Gasteiger partial charge in [0.05, 0.1) is 13.2 Å². The van der Waals surface area contributed by atoms with Crippen molar-refractivity contribution in [1.82, 2.24) is 10.6 Å². The molecule has 0 bridgehead atoms. The number of ether oxygens (including phenoxy) is 2. The Labute approximate surface area is 269 Å². The van der Waals surface area contributed by atoms with Gasteiger partial charge < -0.3 is 20.1 Å². The molecule has 2 N–H and O–H groups in total. The molecule has 1 aliphatic heterocycles. The normalized spacial score (nSPS) is 17.0. The number of carbonyl (C=O) groups is 3. The minimum Gasteiger partial charge on any atom is -0.469 e. The van der Waals surface area contributed by atoms with Crippen LogP contribution in [0.5, 0.6) is 0 Å². The van der Waals surface area contributed by atoms with Crippen LogP contribution in [0.1, 0.15) is 70.8 Å². The molecule has 1 aromatic carbocycles. The largest absolute Gasteiger partial charge is 0.469 e. The molecule has 2 rings (SSSR count). The highest BCUT2D eigenvalue weighted by atomic mass is 16.5. The van der Waals surface area contributed by atoms with Crippen LogP contribution in [0.4, 0.5) is 0 Å². The summed E-state index contributed by atoms with van der Waals surface area (Å²) in [5.74, 6) is -0.769. The van der Waals surface area contributed by atoms with Crippen molar-refractivity contribution >= 4 is 17.6 Å². The highest BCUT2D eigenvalue weighted by Crippen LogP contribution is 2.34. The van der Waals surface area contributed by atoms with Crippen molar-refractivity contribution in [3.8, 4) is 0 Å². The minimum absolute atomic E-state index is 0.00877. The van der Waals surface area contributed by atoms with E-state index in [2.05, 4.69) is 84.4 Å². The van der Waals surface area contributed by atoms with E-state index in [1.54, 1.807) is 19.1 Å². The smallest absolute Gasteiger partial charge is 0.286 e. The maximum atomic E-state index is 12.5. The quantitative estimate of drug-likeness (QED) is 0.107. The van der Waals surface area contributed by atoms with Crippen molar-refractivity contribution in [2.45, 2.75) is 70.8 Å². The van der Waals surface area contributed by atoms with Gasteiger partial charge in [-0.15, -0.1) is 0 Å². The summed E-state index contributed by atoms with van der Waals surface area (Å²) in [5, 5.41) is 5.52. The number of ketones is 1. The third-order valence-corrected chi connectivity index (χ3v) is 6.83. The van der Waals surface area contributed by atoms with Gasteiger partial charge in [-0.25, -0.2) is 0 Å². The fourth-order valence-corrected chi connectivity index (χ4v) is 4.26. The molecule has 1 aromatic rings. The number of hydrogen-bond donors (Lipinski definition) is 2. The van der Waals surface area contributed by atoms with E-state index in [1.807, 2.05) is 24.3 Å². The summed E-state index contributed by atoms with van der Waals surface area (Å²) in [4.78, 5) is 36.9. The summed E-state index contributed by atoms with van der Waals surface area (Å²) < 4.78 is 11.2. The zero-order valence-electron chi connectivity index (χ0n) is 26.9. The highest BCUT2D eigenvalue weighted by Gasteiger charge is 2.43. The van der Waals surface area contributed by atoms with Crippen LogP contribution in [0, 0.1) is 0 Å². The van der Waals surface area contributed by atoms with Crippen LogP contribution in [-0.4, -0.2) is 43.9 Å². The van der Waals surface area contributed by atoms with Gasteiger partial charge in [-0.2, -0.15) is 0 Å². The van der Waals surface area contributed by atoms with Crippen LogP contribution in [0.25, 0.3) is 0 Å². The van der Waals surface area contributed by atoms with Gasteiger partial charge in [0.2, 0.25) is 11.7 Å². The van der Waals surface area contributed by atoms with Gasteiger partial charge in [-0.3, -0.25) is 14.4 Å². The lowest BCUT2D eigenvalue weighted by Gasteiger charge is -2.23. The maximum absolute atomic E-state index is 12.5. The SMILES string of the molecule is CC/C=C\C/C=C\C/C=C\C/C=C\C/C=C\C/C=C\CCC(=O)NCCOCCNC(=O)C1=CC(=O)C(C)(c2ccccc2)O1. The predicted molar refractivity (Wildman–Crippen MR) is 182 cm³/mol. The van der Waals surface area contributed by atoms with Crippen LogP contribution in [0.15, 0.2) is 115 Å². The molecule has 2 amide bonds. The zero-order chi connectivity index (χ0) is 32.4. The summed E-state index contributed by atoms with van der Waals surface area (Å²) in [6, 6.07) is 9.09. The Morgan fingerprint density at radius 1 is 0.756 bits per heavy atom. The second kappa shape index (κ2) is 23.2. The Bertz CT molecular complexity index is 1240. The molecule has 0 radical (unpaired) electrons. The molecule has 0 saturated carbocycles. The van der Waals surface area contributed by atoms with E-state index >= 15 is 0 Å². The van der Waals surface area contributed by atoms with Gasteiger partial charge >= 0.3 is 0 Å². The van der Waals surface area contributed by atoms with Gasteiger partial charge in [0.25, 0.3) is 5.91 Å². The monoisotopic (exact) mass is 614 g/mol. The van der Waals surface area contributed by atoms with Crippen molar-refractivity contribution in [1.29, 1.82) is 0 Å². The average Bonchev–Trinajstić information content (AvgIpc) is 3.36. The Kier molecular flexibility index (Phi) is 19.0. The first-order valence-corrected chi connectivity index (χ1v) is 16.0. The number of nitrogens with one attached hydrogen (secondary N) is 2. The molecule has 242 valence electrons. The summed E-state index contributed by atoms with van der Waals surface area (Å²) >= 11 is 0. The molecule has 1 aliphatic rings. The molecule has 1 unspecified atom stereocenters. The number of benzene rings is 1. The third-order valence-electron chi connectivity index (χ3n) is 6.83. The second-order valence-corrected chi connectivity index (χ2v) is 10.5. The number of amides is 2. The first-order chi connectivity index (χ1) is 22.0. The van der Waals surface area contributed by atoms with E-state index in [4.69, 9.17) is 9.47 Å². The first kappa shape index (κ1) is 37.0. The zero-order valence-corrected chi connectivity index (χ0v) is 26.9. The molecule has 0 spiro atoms. The van der Waals surface area contributed by atoms with Gasteiger partial charge in [-0.1, -0.05) is 110 Å². The maximum Gasteiger partial charge on any atom is 0.286 e. The number of rotatable bonds is 22. The fraction of sp³-hybridized carbons (Fsp3) is 0.395. The summed E-state index contributed by atoms with van der Waals surface area (Å²) in [6.07, 6.45) is 34.1. The van der Waals surface area contributed by atoms with Crippen LogP contribution in [0.3, 0.4) is 0 Å². The van der Waals surface area contributed by atoms with Crippen LogP contribution >= 0.6 is 0 Å². The standard InChI is InChI=1S/C38H50N2O5/c1-3-4-5-6-7-8-9-10-11-12-13-14-15-16-17-18-19-20-24-27-36(42)39-28-30-44-31-29-40-37(43)34-32-35(41)38(2,45-34)33-25-22-21-23-26-33/h4-5,7-8,10-11,13-14,16-17,19-23,25-26,32H,3,6,9,12,15,18,24,27-31H2,1-2H3,(H,39,42)(H,40,43)/b5-4-,8-7-,11-10-,14-13-,17-16-,20-19-. The molecule has 0 aromatic heterocycles. The molecular formula is C38H50N2O5. The molecule has 1 heterocycles.